The van der Waals surface area contributed by atoms with Crippen molar-refractivity contribution in [1.82, 2.24) is 4.98 Å². The minimum absolute atomic E-state index is 0.00996. The average Bonchev–Trinajstić information content (AvgIpc) is 2.44. The van der Waals surface area contributed by atoms with Crippen LogP contribution in [0.5, 0.6) is 0 Å². The molecule has 0 amide bonds. The molecule has 0 bridgehead atoms. The molecule has 100 valence electrons. The molecule has 0 fully saturated rings. The molecule has 0 atom stereocenters. The Morgan fingerprint density at radius 3 is 2.85 bits per heavy atom. The SMILES string of the molecule is Nc1cc(Cl)c(F)cc1Nc1ccc2ncccc2c1. The van der Waals surface area contributed by atoms with Gasteiger partial charge in [-0.2, -0.15) is 0 Å². The summed E-state index contributed by atoms with van der Waals surface area (Å²) in [6.07, 6.45) is 1.74. The highest BCUT2D eigenvalue weighted by Crippen LogP contribution is 2.29. The summed E-state index contributed by atoms with van der Waals surface area (Å²) < 4.78 is 13.5. The van der Waals surface area contributed by atoms with Crippen molar-refractivity contribution in [3.8, 4) is 0 Å². The number of pyridine rings is 1. The third-order valence-electron chi connectivity index (χ3n) is 2.97. The zero-order valence-corrected chi connectivity index (χ0v) is 11.2. The maximum Gasteiger partial charge on any atom is 0.144 e. The van der Waals surface area contributed by atoms with Gasteiger partial charge < -0.3 is 11.1 Å². The highest BCUT2D eigenvalue weighted by atomic mass is 35.5. The maximum atomic E-state index is 13.5. The maximum absolute atomic E-state index is 13.5. The minimum Gasteiger partial charge on any atom is -0.397 e. The number of rotatable bonds is 2. The molecule has 20 heavy (non-hydrogen) atoms. The first kappa shape index (κ1) is 12.7. The molecule has 0 aliphatic rings. The van der Waals surface area contributed by atoms with E-state index in [1.807, 2.05) is 30.3 Å². The molecule has 0 spiro atoms. The monoisotopic (exact) mass is 287 g/mol. The second-order valence-electron chi connectivity index (χ2n) is 4.39. The molecule has 3 N–H and O–H groups in total. The second kappa shape index (κ2) is 4.98. The Hall–Kier alpha value is -2.33. The van der Waals surface area contributed by atoms with Crippen LogP contribution in [-0.2, 0) is 0 Å². The lowest BCUT2D eigenvalue weighted by Crippen LogP contribution is -1.97. The van der Waals surface area contributed by atoms with Gasteiger partial charge in [0.2, 0.25) is 0 Å². The molecule has 0 saturated carbocycles. The number of benzene rings is 2. The topological polar surface area (TPSA) is 50.9 Å². The van der Waals surface area contributed by atoms with Crippen LogP contribution in [0.1, 0.15) is 0 Å². The van der Waals surface area contributed by atoms with Crippen molar-refractivity contribution in [1.29, 1.82) is 0 Å². The molecule has 0 saturated heterocycles. The minimum atomic E-state index is -0.508. The van der Waals surface area contributed by atoms with Crippen LogP contribution in [0.3, 0.4) is 0 Å². The Morgan fingerprint density at radius 1 is 1.15 bits per heavy atom. The largest absolute Gasteiger partial charge is 0.397 e. The van der Waals surface area contributed by atoms with Crippen molar-refractivity contribution in [2.24, 2.45) is 0 Å². The molecular weight excluding hydrogens is 277 g/mol. The Kier molecular flexibility index (Phi) is 3.16. The van der Waals surface area contributed by atoms with Crippen LogP contribution in [-0.4, -0.2) is 4.98 Å². The van der Waals surface area contributed by atoms with E-state index in [0.717, 1.165) is 16.6 Å². The quantitative estimate of drug-likeness (QED) is 0.689. The van der Waals surface area contributed by atoms with E-state index in [0.29, 0.717) is 11.4 Å². The lowest BCUT2D eigenvalue weighted by Gasteiger charge is -2.11. The van der Waals surface area contributed by atoms with Crippen LogP contribution in [0.2, 0.25) is 5.02 Å². The molecule has 3 rings (SSSR count). The predicted octanol–water partition coefficient (Wildman–Crippen LogP) is 4.35. The van der Waals surface area contributed by atoms with E-state index in [1.54, 1.807) is 6.20 Å². The summed E-state index contributed by atoms with van der Waals surface area (Å²) in [6.45, 7) is 0. The van der Waals surface area contributed by atoms with E-state index >= 15 is 0 Å². The lowest BCUT2D eigenvalue weighted by atomic mass is 10.2. The Balaban J connectivity index is 1.99. The van der Waals surface area contributed by atoms with Gasteiger partial charge in [0.05, 0.1) is 21.9 Å². The van der Waals surface area contributed by atoms with Crippen molar-refractivity contribution in [3.05, 3.63) is 59.5 Å². The number of nitrogens with two attached hydrogens (primary N) is 1. The summed E-state index contributed by atoms with van der Waals surface area (Å²) in [5.41, 5.74) is 8.40. The number of nitrogens with one attached hydrogen (secondary N) is 1. The van der Waals surface area contributed by atoms with Gasteiger partial charge in [0.15, 0.2) is 0 Å². The molecule has 0 unspecified atom stereocenters. The fourth-order valence-electron chi connectivity index (χ4n) is 1.98. The number of hydrogen-bond donors (Lipinski definition) is 2. The second-order valence-corrected chi connectivity index (χ2v) is 4.80. The summed E-state index contributed by atoms with van der Waals surface area (Å²) in [6, 6.07) is 12.2. The number of anilines is 3. The highest BCUT2D eigenvalue weighted by Gasteiger charge is 2.07. The summed E-state index contributed by atoms with van der Waals surface area (Å²) in [7, 11) is 0. The first-order valence-electron chi connectivity index (χ1n) is 6.00. The van der Waals surface area contributed by atoms with Gasteiger partial charge in [0.1, 0.15) is 5.82 Å². The van der Waals surface area contributed by atoms with Crippen LogP contribution >= 0.6 is 11.6 Å². The van der Waals surface area contributed by atoms with Crippen LogP contribution in [0.4, 0.5) is 21.5 Å². The van der Waals surface area contributed by atoms with Crippen molar-refractivity contribution < 1.29 is 4.39 Å². The number of nitrogen functional groups attached to an aromatic ring is 1. The van der Waals surface area contributed by atoms with Crippen LogP contribution in [0, 0.1) is 5.82 Å². The fraction of sp³-hybridized carbons (Fsp3) is 0. The van der Waals surface area contributed by atoms with Crippen molar-refractivity contribution in [2.75, 3.05) is 11.1 Å². The third-order valence-corrected chi connectivity index (χ3v) is 3.26. The van der Waals surface area contributed by atoms with Gasteiger partial charge in [0.25, 0.3) is 0 Å². The van der Waals surface area contributed by atoms with Gasteiger partial charge in [-0.05, 0) is 30.3 Å². The van der Waals surface area contributed by atoms with Crippen LogP contribution in [0.25, 0.3) is 10.9 Å². The number of nitrogens with zero attached hydrogens (tertiary/aromatic N) is 1. The number of aromatic nitrogens is 1. The van der Waals surface area contributed by atoms with Gasteiger partial charge in [-0.3, -0.25) is 4.98 Å². The van der Waals surface area contributed by atoms with E-state index in [-0.39, 0.29) is 5.02 Å². The zero-order chi connectivity index (χ0) is 14.1. The Bertz CT molecular complexity index is 789. The molecule has 5 heteroatoms. The van der Waals surface area contributed by atoms with Gasteiger partial charge in [-0.15, -0.1) is 0 Å². The van der Waals surface area contributed by atoms with Crippen molar-refractivity contribution in [2.45, 2.75) is 0 Å². The number of halogens is 2. The van der Waals surface area contributed by atoms with Gasteiger partial charge in [0, 0.05) is 23.3 Å². The van der Waals surface area contributed by atoms with Crippen molar-refractivity contribution in [3.63, 3.8) is 0 Å². The van der Waals surface area contributed by atoms with E-state index in [2.05, 4.69) is 10.3 Å². The van der Waals surface area contributed by atoms with Crippen LogP contribution in [0.15, 0.2) is 48.7 Å². The summed E-state index contributed by atoms with van der Waals surface area (Å²) in [4.78, 5) is 4.24. The number of hydrogen-bond acceptors (Lipinski definition) is 3. The van der Waals surface area contributed by atoms with E-state index < -0.39 is 5.82 Å². The summed E-state index contributed by atoms with van der Waals surface area (Å²) >= 11 is 5.68. The highest BCUT2D eigenvalue weighted by molar-refractivity contribution is 6.31. The Morgan fingerprint density at radius 2 is 2.00 bits per heavy atom. The average molecular weight is 288 g/mol. The summed E-state index contributed by atoms with van der Waals surface area (Å²) in [5, 5.41) is 4.08. The van der Waals surface area contributed by atoms with Gasteiger partial charge in [-0.25, -0.2) is 4.39 Å². The molecule has 1 heterocycles. The molecular formula is C15H11ClFN3. The van der Waals surface area contributed by atoms with E-state index in [4.69, 9.17) is 17.3 Å². The molecule has 0 aliphatic heterocycles. The zero-order valence-electron chi connectivity index (χ0n) is 10.4. The fourth-order valence-corrected chi connectivity index (χ4v) is 2.15. The first-order chi connectivity index (χ1) is 9.63. The summed E-state index contributed by atoms with van der Waals surface area (Å²) in [5.74, 6) is -0.508. The molecule has 0 radical (unpaired) electrons. The number of fused-ring (bicyclic) bond motifs is 1. The van der Waals surface area contributed by atoms with Crippen LogP contribution < -0.4 is 11.1 Å². The van der Waals surface area contributed by atoms with Crippen molar-refractivity contribution >= 4 is 39.6 Å². The predicted molar refractivity (Wildman–Crippen MR) is 80.8 cm³/mol. The third kappa shape index (κ3) is 2.38. The molecule has 3 aromatic rings. The van der Waals surface area contributed by atoms with E-state index in [9.17, 15) is 4.39 Å². The molecule has 2 aromatic carbocycles. The molecule has 1 aromatic heterocycles. The van der Waals surface area contributed by atoms with Gasteiger partial charge in [-0.1, -0.05) is 17.7 Å². The van der Waals surface area contributed by atoms with E-state index in [1.165, 1.54) is 12.1 Å². The normalized spacial score (nSPS) is 10.7. The molecule has 0 aliphatic carbocycles. The first-order valence-corrected chi connectivity index (χ1v) is 6.37. The Labute approximate surface area is 120 Å². The molecule has 3 nitrogen and oxygen atoms in total. The smallest absolute Gasteiger partial charge is 0.144 e. The standard InChI is InChI=1S/C15H11ClFN3/c16-11-7-13(18)15(8-12(11)17)20-10-3-4-14-9(6-10)2-1-5-19-14/h1-8,20H,18H2. The lowest BCUT2D eigenvalue weighted by molar-refractivity contribution is 0.629. The van der Waals surface area contributed by atoms with Gasteiger partial charge >= 0.3 is 0 Å².